The van der Waals surface area contributed by atoms with Gasteiger partial charge in [0.2, 0.25) is 0 Å². The second-order valence-electron chi connectivity index (χ2n) is 7.18. The molecule has 3 nitrogen and oxygen atoms in total. The molecule has 0 bridgehead atoms. The molecule has 0 spiro atoms. The molecule has 3 heteroatoms. The highest BCUT2D eigenvalue weighted by Crippen LogP contribution is 2.27. The van der Waals surface area contributed by atoms with Crippen LogP contribution in [0.2, 0.25) is 0 Å². The Morgan fingerprint density at radius 1 is 1.07 bits per heavy atom. The predicted molar refractivity (Wildman–Crippen MR) is 110 cm³/mol. The third-order valence-corrected chi connectivity index (χ3v) is 5.10. The summed E-state index contributed by atoms with van der Waals surface area (Å²) in [5, 5.41) is 0. The lowest BCUT2D eigenvalue weighted by Gasteiger charge is -2.30. The lowest BCUT2D eigenvalue weighted by molar-refractivity contribution is -0.0218. The number of allylic oxidation sites excluding steroid dienone is 1. The number of rotatable bonds is 11. The molecule has 1 aliphatic rings. The number of nitrogens with zero attached hydrogens (tertiary/aromatic N) is 1. The summed E-state index contributed by atoms with van der Waals surface area (Å²) in [6.07, 6.45) is 5.32. The van der Waals surface area contributed by atoms with Crippen LogP contribution in [0.15, 0.2) is 73.3 Å². The van der Waals surface area contributed by atoms with Crippen molar-refractivity contribution in [1.29, 1.82) is 0 Å². The summed E-state index contributed by atoms with van der Waals surface area (Å²) in [5.74, 6) is 0.467. The van der Waals surface area contributed by atoms with Gasteiger partial charge in [-0.1, -0.05) is 66.7 Å². The molecule has 2 unspecified atom stereocenters. The molecule has 0 aromatic heterocycles. The first-order chi connectivity index (χ1) is 13.4. The number of hydrogen-bond donors (Lipinski definition) is 0. The number of hydrogen-bond acceptors (Lipinski definition) is 3. The zero-order chi connectivity index (χ0) is 18.7. The summed E-state index contributed by atoms with van der Waals surface area (Å²) in [7, 11) is 0. The molecule has 3 rings (SSSR count). The van der Waals surface area contributed by atoms with Crippen LogP contribution >= 0.6 is 0 Å². The average molecular weight is 366 g/mol. The van der Waals surface area contributed by atoms with Gasteiger partial charge < -0.3 is 9.47 Å². The maximum atomic E-state index is 6.12. The highest BCUT2D eigenvalue weighted by molar-refractivity contribution is 5.15. The fraction of sp³-hybridized carbons (Fsp3) is 0.417. The van der Waals surface area contributed by atoms with Crippen molar-refractivity contribution in [3.05, 3.63) is 84.4 Å². The minimum Gasteiger partial charge on any atom is -0.377 e. The van der Waals surface area contributed by atoms with E-state index in [1.165, 1.54) is 11.1 Å². The summed E-state index contributed by atoms with van der Waals surface area (Å²) in [6.45, 7) is 8.19. The van der Waals surface area contributed by atoms with Crippen LogP contribution in [-0.4, -0.2) is 30.9 Å². The molecule has 1 saturated heterocycles. The van der Waals surface area contributed by atoms with Gasteiger partial charge in [-0.05, 0) is 30.4 Å². The molecule has 1 aliphatic heterocycles. The van der Waals surface area contributed by atoms with Crippen molar-refractivity contribution in [2.75, 3.05) is 19.8 Å². The van der Waals surface area contributed by atoms with E-state index in [0.717, 1.165) is 45.6 Å². The second-order valence-corrected chi connectivity index (χ2v) is 7.18. The van der Waals surface area contributed by atoms with Gasteiger partial charge in [-0.25, -0.2) is 0 Å². The first-order valence-electron chi connectivity index (χ1n) is 9.99. The standard InChI is InChI=1S/C24H31NO2/c1-2-10-23(15-9-17-26-20-22-13-7-4-8-14-22)24-25(16-18-27-24)19-21-11-5-3-6-12-21/h2-8,11-14,23-24H,1,9-10,15-20H2. The van der Waals surface area contributed by atoms with Gasteiger partial charge in [-0.15, -0.1) is 6.58 Å². The largest absolute Gasteiger partial charge is 0.377 e. The van der Waals surface area contributed by atoms with Gasteiger partial charge in [-0.2, -0.15) is 0 Å². The Kier molecular flexibility index (Phi) is 8.09. The van der Waals surface area contributed by atoms with Crippen LogP contribution in [0.3, 0.4) is 0 Å². The van der Waals surface area contributed by atoms with E-state index < -0.39 is 0 Å². The van der Waals surface area contributed by atoms with Crippen molar-refractivity contribution < 1.29 is 9.47 Å². The van der Waals surface area contributed by atoms with Crippen LogP contribution in [0.25, 0.3) is 0 Å². The van der Waals surface area contributed by atoms with Crippen molar-refractivity contribution in [3.8, 4) is 0 Å². The highest BCUT2D eigenvalue weighted by Gasteiger charge is 2.31. The van der Waals surface area contributed by atoms with E-state index in [0.29, 0.717) is 12.5 Å². The molecule has 0 radical (unpaired) electrons. The van der Waals surface area contributed by atoms with Crippen LogP contribution < -0.4 is 0 Å². The van der Waals surface area contributed by atoms with Gasteiger partial charge in [0.25, 0.3) is 0 Å². The number of benzene rings is 2. The van der Waals surface area contributed by atoms with Crippen molar-refractivity contribution in [2.24, 2.45) is 5.92 Å². The molecule has 0 amide bonds. The smallest absolute Gasteiger partial charge is 0.114 e. The van der Waals surface area contributed by atoms with E-state index in [4.69, 9.17) is 9.47 Å². The van der Waals surface area contributed by atoms with Crippen LogP contribution in [0.5, 0.6) is 0 Å². The lowest BCUT2D eigenvalue weighted by atomic mass is 9.96. The lowest BCUT2D eigenvalue weighted by Crippen LogP contribution is -2.36. The average Bonchev–Trinajstić information content (AvgIpc) is 3.16. The molecule has 144 valence electrons. The van der Waals surface area contributed by atoms with E-state index in [1.54, 1.807) is 0 Å². The molecule has 0 N–H and O–H groups in total. The van der Waals surface area contributed by atoms with Gasteiger partial charge >= 0.3 is 0 Å². The molecular formula is C24H31NO2. The Labute approximate surface area is 163 Å². The van der Waals surface area contributed by atoms with Crippen LogP contribution in [0.4, 0.5) is 0 Å². The monoisotopic (exact) mass is 365 g/mol. The maximum absolute atomic E-state index is 6.12. The summed E-state index contributed by atoms with van der Waals surface area (Å²) in [6, 6.07) is 21.0. The van der Waals surface area contributed by atoms with Crippen LogP contribution in [0, 0.1) is 5.92 Å². The Morgan fingerprint density at radius 2 is 1.78 bits per heavy atom. The molecule has 2 aromatic rings. The normalized spacial score (nSPS) is 18.4. The van der Waals surface area contributed by atoms with Gasteiger partial charge in [0, 0.05) is 25.6 Å². The van der Waals surface area contributed by atoms with E-state index in [-0.39, 0.29) is 6.23 Å². The molecule has 1 fully saturated rings. The van der Waals surface area contributed by atoms with E-state index in [2.05, 4.69) is 66.1 Å². The van der Waals surface area contributed by atoms with Crippen LogP contribution in [0.1, 0.15) is 30.4 Å². The SMILES string of the molecule is C=CCC(CCCOCc1ccccc1)C1OCCN1Cc1ccccc1. The zero-order valence-corrected chi connectivity index (χ0v) is 16.1. The Bertz CT molecular complexity index is 659. The third kappa shape index (κ3) is 6.31. The van der Waals surface area contributed by atoms with Gasteiger partial charge in [-0.3, -0.25) is 4.90 Å². The third-order valence-electron chi connectivity index (χ3n) is 5.10. The predicted octanol–water partition coefficient (Wildman–Crippen LogP) is 5.03. The van der Waals surface area contributed by atoms with Gasteiger partial charge in [0.05, 0.1) is 13.2 Å². The van der Waals surface area contributed by atoms with Gasteiger partial charge in [0.15, 0.2) is 0 Å². The summed E-state index contributed by atoms with van der Waals surface area (Å²) >= 11 is 0. The van der Waals surface area contributed by atoms with E-state index >= 15 is 0 Å². The molecule has 0 aliphatic carbocycles. The fourth-order valence-corrected chi connectivity index (χ4v) is 3.75. The molecule has 2 atom stereocenters. The molecule has 1 heterocycles. The summed E-state index contributed by atoms with van der Waals surface area (Å²) < 4.78 is 12.0. The van der Waals surface area contributed by atoms with Crippen molar-refractivity contribution >= 4 is 0 Å². The minimum absolute atomic E-state index is 0.178. The first kappa shape index (κ1) is 19.8. The maximum Gasteiger partial charge on any atom is 0.114 e. The Balaban J connectivity index is 1.46. The molecular weight excluding hydrogens is 334 g/mol. The Hall–Kier alpha value is -1.94. The second kappa shape index (κ2) is 11.0. The number of ether oxygens (including phenoxy) is 2. The van der Waals surface area contributed by atoms with Crippen molar-refractivity contribution in [1.82, 2.24) is 4.90 Å². The molecule has 0 saturated carbocycles. The first-order valence-corrected chi connectivity index (χ1v) is 9.99. The van der Waals surface area contributed by atoms with Crippen molar-refractivity contribution in [3.63, 3.8) is 0 Å². The zero-order valence-electron chi connectivity index (χ0n) is 16.1. The van der Waals surface area contributed by atoms with E-state index in [9.17, 15) is 0 Å². The van der Waals surface area contributed by atoms with Gasteiger partial charge in [0.1, 0.15) is 6.23 Å². The highest BCUT2D eigenvalue weighted by atomic mass is 16.5. The quantitative estimate of drug-likeness (QED) is 0.412. The Morgan fingerprint density at radius 3 is 2.48 bits per heavy atom. The molecule has 27 heavy (non-hydrogen) atoms. The van der Waals surface area contributed by atoms with E-state index in [1.807, 2.05) is 12.1 Å². The van der Waals surface area contributed by atoms with Crippen LogP contribution in [-0.2, 0) is 22.6 Å². The molecule has 2 aromatic carbocycles. The van der Waals surface area contributed by atoms with Crippen molar-refractivity contribution in [2.45, 2.75) is 38.6 Å². The summed E-state index contributed by atoms with van der Waals surface area (Å²) in [5.41, 5.74) is 2.57. The summed E-state index contributed by atoms with van der Waals surface area (Å²) in [4.78, 5) is 2.47. The fourth-order valence-electron chi connectivity index (χ4n) is 3.75. The topological polar surface area (TPSA) is 21.7 Å². The minimum atomic E-state index is 0.178.